The number of carbonyl (C=O) groups is 2. The van der Waals surface area contributed by atoms with Gasteiger partial charge in [-0.3, -0.25) is 9.59 Å². The highest BCUT2D eigenvalue weighted by molar-refractivity contribution is 9.10. The minimum atomic E-state index is -0.692. The first-order chi connectivity index (χ1) is 12.6. The summed E-state index contributed by atoms with van der Waals surface area (Å²) in [4.78, 5) is 31.4. The minimum Gasteiger partial charge on any atom is -0.312 e. The average molecular weight is 410 g/mol. The number of nitrogens with zero attached hydrogens (tertiary/aromatic N) is 2. The molecular formula is C20H16BrN3O2. The molecule has 2 aromatic carbocycles. The fourth-order valence-corrected chi connectivity index (χ4v) is 3.56. The van der Waals surface area contributed by atoms with Gasteiger partial charge in [-0.2, -0.15) is 0 Å². The molecule has 5 nitrogen and oxygen atoms in total. The molecule has 1 aromatic heterocycles. The number of halogens is 1. The maximum Gasteiger partial charge on any atom is 0.239 e. The number of amides is 2. The van der Waals surface area contributed by atoms with Crippen LogP contribution in [0.25, 0.3) is 10.9 Å². The van der Waals surface area contributed by atoms with Gasteiger partial charge in [-0.05, 0) is 42.8 Å². The number of pyridine rings is 1. The van der Waals surface area contributed by atoms with Crippen molar-refractivity contribution in [2.24, 2.45) is 5.92 Å². The van der Waals surface area contributed by atoms with E-state index in [1.807, 2.05) is 54.6 Å². The second kappa shape index (κ2) is 6.88. The Labute approximate surface area is 159 Å². The molecule has 130 valence electrons. The van der Waals surface area contributed by atoms with Crippen LogP contribution in [0.4, 0.5) is 11.5 Å². The second-order valence-electron chi connectivity index (χ2n) is 6.19. The van der Waals surface area contributed by atoms with Gasteiger partial charge in [0.15, 0.2) is 0 Å². The molecule has 26 heavy (non-hydrogen) atoms. The first kappa shape index (κ1) is 16.7. The molecule has 3 aromatic rings. The number of rotatable bonds is 3. The lowest BCUT2D eigenvalue weighted by Crippen LogP contribution is -2.33. The van der Waals surface area contributed by atoms with Gasteiger partial charge in [-0.25, -0.2) is 4.98 Å². The molecule has 1 saturated heterocycles. The average Bonchev–Trinajstić information content (AvgIpc) is 3.03. The van der Waals surface area contributed by atoms with E-state index in [2.05, 4.69) is 26.2 Å². The van der Waals surface area contributed by atoms with Crippen LogP contribution in [0.1, 0.15) is 6.42 Å². The van der Waals surface area contributed by atoms with E-state index in [4.69, 9.17) is 0 Å². The van der Waals surface area contributed by atoms with Crippen molar-refractivity contribution in [1.82, 2.24) is 4.98 Å². The minimum absolute atomic E-state index is 0.179. The molecule has 2 heterocycles. The van der Waals surface area contributed by atoms with E-state index in [1.54, 1.807) is 11.0 Å². The van der Waals surface area contributed by atoms with Gasteiger partial charge in [0.2, 0.25) is 11.8 Å². The third-order valence-corrected chi connectivity index (χ3v) is 4.98. The van der Waals surface area contributed by atoms with Gasteiger partial charge in [0.25, 0.3) is 0 Å². The van der Waals surface area contributed by atoms with Crippen LogP contribution in [0.2, 0.25) is 0 Å². The lowest BCUT2D eigenvalue weighted by atomic mass is 10.1. The third kappa shape index (κ3) is 3.20. The Hall–Kier alpha value is -2.73. The van der Waals surface area contributed by atoms with E-state index in [9.17, 15) is 9.59 Å². The van der Waals surface area contributed by atoms with Crippen molar-refractivity contribution in [3.05, 3.63) is 65.1 Å². The SMILES string of the molecule is O=C(Nc1ccc2ccccc2n1)C1CCN(c2cccc(Br)c2)C1=O. The van der Waals surface area contributed by atoms with E-state index < -0.39 is 5.92 Å². The standard InChI is InChI=1S/C20H16BrN3O2/c21-14-5-3-6-15(12-14)24-11-10-16(20(24)26)19(25)23-18-9-8-13-4-1-2-7-17(13)22-18/h1-9,12,16H,10-11H2,(H,22,23,25). The van der Waals surface area contributed by atoms with Crippen LogP contribution < -0.4 is 10.2 Å². The van der Waals surface area contributed by atoms with E-state index in [-0.39, 0.29) is 11.8 Å². The zero-order chi connectivity index (χ0) is 18.1. The van der Waals surface area contributed by atoms with E-state index in [0.29, 0.717) is 18.8 Å². The molecule has 1 atom stereocenters. The molecule has 0 bridgehead atoms. The monoisotopic (exact) mass is 409 g/mol. The van der Waals surface area contributed by atoms with Crippen LogP contribution in [0.3, 0.4) is 0 Å². The van der Waals surface area contributed by atoms with Gasteiger partial charge < -0.3 is 10.2 Å². The number of nitrogens with one attached hydrogen (secondary N) is 1. The predicted molar refractivity (Wildman–Crippen MR) is 105 cm³/mol. The van der Waals surface area contributed by atoms with Crippen LogP contribution in [0.15, 0.2) is 65.1 Å². The highest BCUT2D eigenvalue weighted by atomic mass is 79.9. The predicted octanol–water partition coefficient (Wildman–Crippen LogP) is 3.99. The topological polar surface area (TPSA) is 62.3 Å². The Bertz CT molecular complexity index is 1010. The molecule has 0 aliphatic carbocycles. The quantitative estimate of drug-likeness (QED) is 0.665. The first-order valence-corrected chi connectivity index (χ1v) is 9.15. The second-order valence-corrected chi connectivity index (χ2v) is 7.11. The number of fused-ring (bicyclic) bond motifs is 1. The van der Waals surface area contributed by atoms with Crippen molar-refractivity contribution in [1.29, 1.82) is 0 Å². The van der Waals surface area contributed by atoms with Gasteiger partial charge >= 0.3 is 0 Å². The highest BCUT2D eigenvalue weighted by Gasteiger charge is 2.37. The number of hydrogen-bond acceptors (Lipinski definition) is 3. The number of hydrogen-bond donors (Lipinski definition) is 1. The van der Waals surface area contributed by atoms with Gasteiger partial charge in [-0.1, -0.05) is 40.2 Å². The molecule has 4 rings (SSSR count). The maximum absolute atomic E-state index is 12.7. The Morgan fingerprint density at radius 3 is 2.81 bits per heavy atom. The van der Waals surface area contributed by atoms with Crippen LogP contribution in [0.5, 0.6) is 0 Å². The molecule has 2 amide bonds. The largest absolute Gasteiger partial charge is 0.312 e. The summed E-state index contributed by atoms with van der Waals surface area (Å²) >= 11 is 3.41. The van der Waals surface area contributed by atoms with Crippen molar-refractivity contribution >= 4 is 50.2 Å². The van der Waals surface area contributed by atoms with E-state index in [0.717, 1.165) is 21.1 Å². The smallest absolute Gasteiger partial charge is 0.239 e. The number of anilines is 2. The van der Waals surface area contributed by atoms with Gasteiger partial charge in [0.1, 0.15) is 11.7 Å². The summed E-state index contributed by atoms with van der Waals surface area (Å²) in [5, 5.41) is 3.79. The maximum atomic E-state index is 12.7. The summed E-state index contributed by atoms with van der Waals surface area (Å²) in [7, 11) is 0. The van der Waals surface area contributed by atoms with Crippen LogP contribution >= 0.6 is 15.9 Å². The molecule has 0 saturated carbocycles. The summed E-state index contributed by atoms with van der Waals surface area (Å²) in [6, 6.07) is 18.9. The molecule has 0 spiro atoms. The Balaban J connectivity index is 1.50. The molecule has 1 aliphatic rings. The summed E-state index contributed by atoms with van der Waals surface area (Å²) in [6.45, 7) is 0.526. The molecule has 1 unspecified atom stereocenters. The van der Waals surface area contributed by atoms with E-state index >= 15 is 0 Å². The third-order valence-electron chi connectivity index (χ3n) is 4.49. The highest BCUT2D eigenvalue weighted by Crippen LogP contribution is 2.28. The molecule has 1 N–H and O–H groups in total. The van der Waals surface area contributed by atoms with Crippen LogP contribution in [0, 0.1) is 5.92 Å². The zero-order valence-electron chi connectivity index (χ0n) is 13.9. The van der Waals surface area contributed by atoms with Crippen LogP contribution in [-0.4, -0.2) is 23.3 Å². The summed E-state index contributed by atoms with van der Waals surface area (Å²) in [6.07, 6.45) is 0.491. The fraction of sp³-hybridized carbons (Fsp3) is 0.150. The van der Waals surface area contributed by atoms with Gasteiger partial charge in [0, 0.05) is 22.1 Å². The molecule has 1 fully saturated rings. The van der Waals surface area contributed by atoms with E-state index in [1.165, 1.54) is 0 Å². The normalized spacial score (nSPS) is 16.9. The van der Waals surface area contributed by atoms with Crippen molar-refractivity contribution < 1.29 is 9.59 Å². The van der Waals surface area contributed by atoms with Crippen molar-refractivity contribution in [2.75, 3.05) is 16.8 Å². The van der Waals surface area contributed by atoms with Gasteiger partial charge in [-0.15, -0.1) is 0 Å². The lowest BCUT2D eigenvalue weighted by molar-refractivity contribution is -0.129. The molecule has 6 heteroatoms. The van der Waals surface area contributed by atoms with Crippen LogP contribution in [-0.2, 0) is 9.59 Å². The summed E-state index contributed by atoms with van der Waals surface area (Å²) < 4.78 is 0.899. The Morgan fingerprint density at radius 2 is 1.96 bits per heavy atom. The molecular weight excluding hydrogens is 394 g/mol. The zero-order valence-corrected chi connectivity index (χ0v) is 15.4. The van der Waals surface area contributed by atoms with Crippen molar-refractivity contribution in [3.8, 4) is 0 Å². The number of carbonyl (C=O) groups excluding carboxylic acids is 2. The lowest BCUT2D eigenvalue weighted by Gasteiger charge is -2.17. The Morgan fingerprint density at radius 1 is 1.12 bits per heavy atom. The summed E-state index contributed by atoms with van der Waals surface area (Å²) in [5.41, 5.74) is 1.60. The first-order valence-electron chi connectivity index (χ1n) is 8.35. The van der Waals surface area contributed by atoms with Gasteiger partial charge in [0.05, 0.1) is 5.52 Å². The van der Waals surface area contributed by atoms with Crippen molar-refractivity contribution in [2.45, 2.75) is 6.42 Å². The number of para-hydroxylation sites is 1. The Kier molecular flexibility index (Phi) is 4.42. The van der Waals surface area contributed by atoms with Crippen molar-refractivity contribution in [3.63, 3.8) is 0 Å². The number of benzene rings is 2. The number of aromatic nitrogens is 1. The molecule has 0 radical (unpaired) electrons. The molecule has 1 aliphatic heterocycles. The summed E-state index contributed by atoms with van der Waals surface area (Å²) in [5.74, 6) is -0.721. The fourth-order valence-electron chi connectivity index (χ4n) is 3.17.